The van der Waals surface area contributed by atoms with Gasteiger partial charge in [-0.15, -0.1) is 6.58 Å². The number of carbonyl (C=O) groups excluding carboxylic acids is 2. The van der Waals surface area contributed by atoms with Crippen molar-refractivity contribution < 1.29 is 24.2 Å². The van der Waals surface area contributed by atoms with Gasteiger partial charge in [-0.25, -0.2) is 0 Å². The van der Waals surface area contributed by atoms with Gasteiger partial charge in [0.2, 0.25) is 0 Å². The molecule has 43 heavy (non-hydrogen) atoms. The minimum atomic E-state index is -1.63. The fourth-order valence-corrected chi connectivity index (χ4v) is 7.74. The summed E-state index contributed by atoms with van der Waals surface area (Å²) < 4.78 is 12.6. The number of rotatable bonds is 8. The van der Waals surface area contributed by atoms with E-state index in [0.29, 0.717) is 31.2 Å². The zero-order valence-corrected chi connectivity index (χ0v) is 28.9. The zero-order valence-electron chi connectivity index (χ0n) is 28.9. The summed E-state index contributed by atoms with van der Waals surface area (Å²) in [7, 11) is 0. The molecule has 0 bridgehead atoms. The van der Waals surface area contributed by atoms with Gasteiger partial charge in [-0.3, -0.25) is 9.59 Å². The summed E-state index contributed by atoms with van der Waals surface area (Å²) in [6.07, 6.45) is 3.57. The Hall–Kier alpha value is -2.38. The van der Waals surface area contributed by atoms with Gasteiger partial charge in [-0.2, -0.15) is 0 Å². The van der Waals surface area contributed by atoms with E-state index in [-0.39, 0.29) is 58.4 Å². The van der Waals surface area contributed by atoms with Gasteiger partial charge in [-0.05, 0) is 97.3 Å². The Kier molecular flexibility index (Phi) is 9.67. The normalized spacial score (nSPS) is 22.0. The van der Waals surface area contributed by atoms with Gasteiger partial charge in [0.25, 0.3) is 0 Å². The van der Waals surface area contributed by atoms with E-state index in [2.05, 4.69) is 72.6 Å². The maximum atomic E-state index is 14.5. The predicted octanol–water partition coefficient (Wildman–Crippen LogP) is 6.81. The molecular weight excluding hydrogens is 540 g/mol. The Morgan fingerprint density at radius 3 is 1.60 bits per heavy atom. The molecule has 3 N–H and O–H groups in total. The summed E-state index contributed by atoms with van der Waals surface area (Å²) in [6.45, 7) is 28.7. The highest BCUT2D eigenvalue weighted by atomic mass is 16.6. The van der Waals surface area contributed by atoms with Crippen molar-refractivity contribution in [2.75, 3.05) is 0 Å². The quantitative estimate of drug-likeness (QED) is 0.172. The lowest BCUT2D eigenvalue weighted by atomic mass is 9.75. The van der Waals surface area contributed by atoms with Crippen molar-refractivity contribution in [2.45, 2.75) is 161 Å². The molecule has 1 aromatic rings. The SMILES string of the molecule is C=CCC(Cc1cc(C)c(O)c(C(C)(C)C)c1)(C(=O)OC1CC(C)(C)NC(C)(C)C1)C(=O)OC1CC(C)(C)NC(C)(C)C1. The van der Waals surface area contributed by atoms with Gasteiger partial charge < -0.3 is 25.2 Å². The van der Waals surface area contributed by atoms with E-state index >= 15 is 0 Å². The number of phenols is 1. The van der Waals surface area contributed by atoms with Crippen molar-refractivity contribution in [3.05, 3.63) is 41.5 Å². The van der Waals surface area contributed by atoms with Gasteiger partial charge in [0.15, 0.2) is 5.41 Å². The third-order valence-electron chi connectivity index (χ3n) is 8.80. The standard InChI is InChI=1S/C36H58N2O5/c1-14-15-36(18-24-16-23(2)28(39)27(17-24)31(3,4)5,29(40)42-25-19-32(6,7)37-33(8,9)20-25)30(41)43-26-21-34(10,11)38-35(12,13)22-26/h14,16-17,25-26,37-39H,1,15,18-22H2,2-13H3. The first kappa shape index (κ1) is 35.1. The number of allylic oxidation sites excluding steroid dienone is 1. The minimum Gasteiger partial charge on any atom is -0.507 e. The number of piperidine rings is 2. The number of aromatic hydroxyl groups is 1. The monoisotopic (exact) mass is 598 g/mol. The van der Waals surface area contributed by atoms with Crippen molar-refractivity contribution in [1.82, 2.24) is 10.6 Å². The maximum Gasteiger partial charge on any atom is 0.324 e. The molecule has 3 rings (SSSR count). The van der Waals surface area contributed by atoms with Crippen molar-refractivity contribution >= 4 is 11.9 Å². The number of carbonyl (C=O) groups is 2. The molecule has 2 fully saturated rings. The molecule has 2 heterocycles. The number of hydrogen-bond donors (Lipinski definition) is 3. The summed E-state index contributed by atoms with van der Waals surface area (Å²) >= 11 is 0. The van der Waals surface area contributed by atoms with Crippen molar-refractivity contribution in [3.63, 3.8) is 0 Å². The van der Waals surface area contributed by atoms with Crippen LogP contribution in [-0.4, -0.2) is 51.4 Å². The van der Waals surface area contributed by atoms with E-state index in [9.17, 15) is 14.7 Å². The lowest BCUT2D eigenvalue weighted by Crippen LogP contribution is -2.61. The highest BCUT2D eigenvalue weighted by Gasteiger charge is 2.52. The van der Waals surface area contributed by atoms with Crippen LogP contribution >= 0.6 is 0 Å². The molecule has 7 nitrogen and oxygen atoms in total. The van der Waals surface area contributed by atoms with Gasteiger partial charge in [0, 0.05) is 47.8 Å². The second-order valence-corrected chi connectivity index (χ2v) is 17.0. The summed E-state index contributed by atoms with van der Waals surface area (Å²) in [5.74, 6) is -0.924. The number of aryl methyl sites for hydroxylation is 1. The van der Waals surface area contributed by atoms with Crippen LogP contribution in [-0.2, 0) is 30.9 Å². The minimum absolute atomic E-state index is 0.0744. The van der Waals surface area contributed by atoms with Gasteiger partial charge >= 0.3 is 11.9 Å². The number of esters is 2. The van der Waals surface area contributed by atoms with Crippen LogP contribution < -0.4 is 10.6 Å². The summed E-state index contributed by atoms with van der Waals surface area (Å²) in [6, 6.07) is 3.77. The third-order valence-corrected chi connectivity index (χ3v) is 8.80. The summed E-state index contributed by atoms with van der Waals surface area (Å²) in [5.41, 5.74) is -0.697. The van der Waals surface area contributed by atoms with Crippen molar-refractivity contribution in [3.8, 4) is 5.75 Å². The number of ether oxygens (including phenoxy) is 2. The number of phenolic OH excluding ortho intramolecular Hbond substituents is 1. The molecule has 2 aliphatic heterocycles. The fourth-order valence-electron chi connectivity index (χ4n) is 7.74. The van der Waals surface area contributed by atoms with Crippen LogP contribution in [0.4, 0.5) is 0 Å². The molecule has 7 heteroatoms. The van der Waals surface area contributed by atoms with Crippen LogP contribution in [0.1, 0.15) is 125 Å². The molecule has 0 amide bonds. The first-order chi connectivity index (χ1) is 19.4. The van der Waals surface area contributed by atoms with Gasteiger partial charge in [0.1, 0.15) is 18.0 Å². The van der Waals surface area contributed by atoms with E-state index < -0.39 is 17.4 Å². The Labute approximate surface area is 260 Å². The number of nitrogens with one attached hydrogen (secondary N) is 2. The second kappa shape index (κ2) is 11.8. The molecule has 2 aliphatic rings. The Morgan fingerprint density at radius 1 is 0.860 bits per heavy atom. The fraction of sp³-hybridized carbons (Fsp3) is 0.722. The van der Waals surface area contributed by atoms with Crippen molar-refractivity contribution in [1.29, 1.82) is 0 Å². The highest BCUT2D eigenvalue weighted by Crippen LogP contribution is 2.41. The van der Waals surface area contributed by atoms with E-state index in [1.165, 1.54) is 0 Å². The second-order valence-electron chi connectivity index (χ2n) is 17.0. The lowest BCUT2D eigenvalue weighted by molar-refractivity contribution is -0.182. The molecule has 242 valence electrons. The Bertz CT molecular complexity index is 1140. The molecular formula is C36H58N2O5. The molecule has 0 aromatic heterocycles. The van der Waals surface area contributed by atoms with Crippen LogP contribution in [0.3, 0.4) is 0 Å². The average Bonchev–Trinajstić information content (AvgIpc) is 2.75. The topological polar surface area (TPSA) is 96.9 Å². The molecule has 0 unspecified atom stereocenters. The van der Waals surface area contributed by atoms with E-state index in [1.54, 1.807) is 6.08 Å². The molecule has 0 saturated carbocycles. The predicted molar refractivity (Wildman–Crippen MR) is 173 cm³/mol. The van der Waals surface area contributed by atoms with Crippen LogP contribution in [0.25, 0.3) is 0 Å². The largest absolute Gasteiger partial charge is 0.507 e. The first-order valence-corrected chi connectivity index (χ1v) is 15.8. The Balaban J connectivity index is 2.08. The first-order valence-electron chi connectivity index (χ1n) is 15.8. The average molecular weight is 599 g/mol. The molecule has 2 saturated heterocycles. The summed E-state index contributed by atoms with van der Waals surface area (Å²) in [4.78, 5) is 28.9. The number of hydrogen-bond acceptors (Lipinski definition) is 7. The van der Waals surface area contributed by atoms with Crippen LogP contribution in [0.5, 0.6) is 5.75 Å². The lowest BCUT2D eigenvalue weighted by Gasteiger charge is -2.47. The van der Waals surface area contributed by atoms with Crippen LogP contribution in [0.2, 0.25) is 0 Å². The smallest absolute Gasteiger partial charge is 0.324 e. The highest BCUT2D eigenvalue weighted by molar-refractivity contribution is 6.00. The van der Waals surface area contributed by atoms with Crippen LogP contribution in [0.15, 0.2) is 24.8 Å². The molecule has 0 atom stereocenters. The van der Waals surface area contributed by atoms with Gasteiger partial charge in [0.05, 0.1) is 0 Å². The van der Waals surface area contributed by atoms with E-state index in [0.717, 1.165) is 11.1 Å². The zero-order chi connectivity index (χ0) is 32.8. The molecule has 0 radical (unpaired) electrons. The van der Waals surface area contributed by atoms with Crippen LogP contribution in [0, 0.1) is 12.3 Å². The van der Waals surface area contributed by atoms with Gasteiger partial charge in [-0.1, -0.05) is 39.0 Å². The maximum absolute atomic E-state index is 14.5. The molecule has 0 aliphatic carbocycles. The van der Waals surface area contributed by atoms with E-state index in [1.807, 2.05) is 39.8 Å². The summed E-state index contributed by atoms with van der Waals surface area (Å²) in [5, 5.41) is 18.2. The van der Waals surface area contributed by atoms with Crippen molar-refractivity contribution in [2.24, 2.45) is 5.41 Å². The molecule has 1 aromatic carbocycles. The number of benzene rings is 1. The molecule has 0 spiro atoms. The third kappa shape index (κ3) is 8.63. The Morgan fingerprint density at radius 2 is 1.26 bits per heavy atom. The van der Waals surface area contributed by atoms with E-state index in [4.69, 9.17) is 9.47 Å².